The van der Waals surface area contributed by atoms with Gasteiger partial charge in [0.2, 0.25) is 0 Å². The molecule has 65 valence electrons. The second-order valence-electron chi connectivity index (χ2n) is 3.04. The molecule has 12 heavy (non-hydrogen) atoms. The largest absolute Gasteiger partial charge is 0.381 e. The van der Waals surface area contributed by atoms with Crippen LogP contribution in [0.1, 0.15) is 12.8 Å². The minimum absolute atomic E-state index is 0.337. The van der Waals surface area contributed by atoms with Gasteiger partial charge in [0.15, 0.2) is 0 Å². The van der Waals surface area contributed by atoms with Crippen LogP contribution < -0.4 is 10.6 Å². The van der Waals surface area contributed by atoms with Gasteiger partial charge in [-0.3, -0.25) is 4.79 Å². The number of nitrogens with one attached hydrogen (secondary N) is 1. The van der Waals surface area contributed by atoms with E-state index in [9.17, 15) is 9.59 Å². The second-order valence-corrected chi connectivity index (χ2v) is 3.04. The van der Waals surface area contributed by atoms with Crippen molar-refractivity contribution in [1.29, 1.82) is 0 Å². The first-order valence-electron chi connectivity index (χ1n) is 3.89. The summed E-state index contributed by atoms with van der Waals surface area (Å²) in [7, 11) is 0. The van der Waals surface area contributed by atoms with Crippen molar-refractivity contribution < 1.29 is 14.3 Å². The molecule has 0 aromatic carbocycles. The van der Waals surface area contributed by atoms with E-state index < -0.39 is 11.6 Å². The summed E-state index contributed by atoms with van der Waals surface area (Å²) < 4.78 is 5.09. The molecule has 0 saturated carbocycles. The van der Waals surface area contributed by atoms with Crippen LogP contribution in [0.5, 0.6) is 0 Å². The van der Waals surface area contributed by atoms with Gasteiger partial charge in [-0.1, -0.05) is 0 Å². The number of amides is 3. The zero-order valence-electron chi connectivity index (χ0n) is 6.50. The number of urea groups is 1. The molecular weight excluding hydrogens is 160 g/mol. The summed E-state index contributed by atoms with van der Waals surface area (Å²) in [6.07, 6.45) is 1.09. The summed E-state index contributed by atoms with van der Waals surface area (Å²) >= 11 is 0. The number of hydrogen-bond donors (Lipinski definition) is 1. The molecule has 2 rings (SSSR count). The molecule has 1 N–H and O–H groups in total. The van der Waals surface area contributed by atoms with Crippen molar-refractivity contribution in [3.63, 3.8) is 0 Å². The van der Waals surface area contributed by atoms with Crippen LogP contribution in [-0.4, -0.2) is 30.7 Å². The second kappa shape index (κ2) is 2.45. The van der Waals surface area contributed by atoms with Crippen LogP contribution in [0, 0.1) is 0 Å². The minimum atomic E-state index is -0.727. The third-order valence-electron chi connectivity index (χ3n) is 2.31. The molecule has 1 radical (unpaired) electrons. The van der Waals surface area contributed by atoms with Crippen LogP contribution in [0.15, 0.2) is 0 Å². The van der Waals surface area contributed by atoms with E-state index in [0.717, 1.165) is 0 Å². The van der Waals surface area contributed by atoms with Crippen molar-refractivity contribution in [2.45, 2.75) is 18.4 Å². The van der Waals surface area contributed by atoms with Crippen LogP contribution in [0.25, 0.3) is 0 Å². The van der Waals surface area contributed by atoms with Gasteiger partial charge in [-0.15, -0.1) is 0 Å². The Hall–Kier alpha value is -1.10. The third-order valence-corrected chi connectivity index (χ3v) is 2.31. The molecule has 2 saturated heterocycles. The Bertz CT molecular complexity index is 233. The van der Waals surface area contributed by atoms with Crippen LogP contribution in [0.3, 0.4) is 0 Å². The molecule has 2 aliphatic heterocycles. The average Bonchev–Trinajstić information content (AvgIpc) is 2.29. The number of carbonyl (C=O) groups excluding carboxylic acids is 2. The van der Waals surface area contributed by atoms with E-state index in [1.165, 1.54) is 0 Å². The number of rotatable bonds is 0. The highest BCUT2D eigenvalue weighted by Crippen LogP contribution is 2.24. The first-order chi connectivity index (χ1) is 5.73. The Morgan fingerprint density at radius 3 is 2.50 bits per heavy atom. The lowest BCUT2D eigenvalue weighted by Gasteiger charge is -2.29. The van der Waals surface area contributed by atoms with Gasteiger partial charge < -0.3 is 10.1 Å². The predicted molar refractivity (Wildman–Crippen MR) is 38.5 cm³/mol. The fourth-order valence-corrected chi connectivity index (χ4v) is 1.54. The topological polar surface area (TPSA) is 69.5 Å². The molecule has 3 amide bonds. The van der Waals surface area contributed by atoms with Gasteiger partial charge in [0, 0.05) is 26.1 Å². The van der Waals surface area contributed by atoms with E-state index in [4.69, 9.17) is 4.74 Å². The monoisotopic (exact) mass is 169 g/mol. The van der Waals surface area contributed by atoms with Crippen molar-refractivity contribution in [1.82, 2.24) is 10.6 Å². The maximum Gasteiger partial charge on any atom is 0.345 e. The van der Waals surface area contributed by atoms with Crippen molar-refractivity contribution in [2.24, 2.45) is 0 Å². The van der Waals surface area contributed by atoms with E-state index in [1.54, 1.807) is 0 Å². The Morgan fingerprint density at radius 2 is 2.00 bits per heavy atom. The normalized spacial score (nSPS) is 27.0. The molecule has 0 unspecified atom stereocenters. The number of imide groups is 1. The fourth-order valence-electron chi connectivity index (χ4n) is 1.54. The summed E-state index contributed by atoms with van der Waals surface area (Å²) in [6.45, 7) is 1.03. The van der Waals surface area contributed by atoms with Gasteiger partial charge in [0.25, 0.3) is 5.91 Å². The summed E-state index contributed by atoms with van der Waals surface area (Å²) in [5, 5.41) is 5.91. The standard InChI is InChI=1S/C7H9N2O3/c10-5-7(9-6(11)8-5)1-3-12-4-2-7/h1-4H2,(H,9,11). The quantitative estimate of drug-likeness (QED) is 0.492. The van der Waals surface area contributed by atoms with E-state index in [1.807, 2.05) is 0 Å². The average molecular weight is 169 g/mol. The van der Waals surface area contributed by atoms with Gasteiger partial charge in [-0.2, -0.15) is 5.32 Å². The maximum atomic E-state index is 11.3. The number of carbonyl (C=O) groups is 2. The van der Waals surface area contributed by atoms with Gasteiger partial charge in [-0.05, 0) is 0 Å². The zero-order chi connectivity index (χ0) is 8.60. The molecule has 2 aliphatic rings. The smallest absolute Gasteiger partial charge is 0.345 e. The van der Waals surface area contributed by atoms with Crippen LogP contribution in [-0.2, 0) is 9.53 Å². The van der Waals surface area contributed by atoms with E-state index >= 15 is 0 Å². The van der Waals surface area contributed by atoms with Crippen molar-refractivity contribution in [2.75, 3.05) is 13.2 Å². The van der Waals surface area contributed by atoms with E-state index in [-0.39, 0.29) is 5.91 Å². The van der Waals surface area contributed by atoms with E-state index in [2.05, 4.69) is 10.6 Å². The molecule has 0 aliphatic carbocycles. The van der Waals surface area contributed by atoms with Gasteiger partial charge in [0.1, 0.15) is 5.54 Å². The molecule has 0 atom stereocenters. The first-order valence-corrected chi connectivity index (χ1v) is 3.89. The third kappa shape index (κ3) is 0.972. The molecule has 2 fully saturated rings. The van der Waals surface area contributed by atoms with Crippen LogP contribution >= 0.6 is 0 Å². The molecule has 5 nitrogen and oxygen atoms in total. The highest BCUT2D eigenvalue weighted by molar-refractivity contribution is 6.06. The fraction of sp³-hybridized carbons (Fsp3) is 0.714. The summed E-state index contributed by atoms with van der Waals surface area (Å²) in [6, 6.07) is -0.512. The summed E-state index contributed by atoms with van der Waals surface area (Å²) in [5.74, 6) is -0.337. The van der Waals surface area contributed by atoms with Gasteiger partial charge in [0.05, 0.1) is 0 Å². The SMILES string of the molecule is O=C1[N]C(=O)C2(CCOCC2)N1. The Balaban J connectivity index is 2.18. The van der Waals surface area contributed by atoms with Gasteiger partial charge in [-0.25, -0.2) is 4.79 Å². The Kier molecular flexibility index (Phi) is 1.54. The van der Waals surface area contributed by atoms with Crippen LogP contribution in [0.2, 0.25) is 0 Å². The Morgan fingerprint density at radius 1 is 1.33 bits per heavy atom. The van der Waals surface area contributed by atoms with Crippen molar-refractivity contribution >= 4 is 11.9 Å². The van der Waals surface area contributed by atoms with Gasteiger partial charge >= 0.3 is 6.03 Å². The molecule has 2 heterocycles. The lowest BCUT2D eigenvalue weighted by molar-refractivity contribution is -0.127. The highest BCUT2D eigenvalue weighted by atomic mass is 16.5. The highest BCUT2D eigenvalue weighted by Gasteiger charge is 2.48. The summed E-state index contributed by atoms with van der Waals surface area (Å²) in [5.41, 5.74) is -0.727. The Labute approximate surface area is 69.5 Å². The molecular formula is C7H9N2O3. The number of ether oxygens (including phenoxy) is 1. The molecule has 5 heteroatoms. The summed E-state index contributed by atoms with van der Waals surface area (Å²) in [4.78, 5) is 22.0. The minimum Gasteiger partial charge on any atom is -0.381 e. The molecule has 1 spiro atoms. The first kappa shape index (κ1) is 7.54. The van der Waals surface area contributed by atoms with Crippen LogP contribution in [0.4, 0.5) is 4.79 Å². The lowest BCUT2D eigenvalue weighted by Crippen LogP contribution is -2.50. The molecule has 0 aromatic heterocycles. The van der Waals surface area contributed by atoms with E-state index in [0.29, 0.717) is 26.1 Å². The van der Waals surface area contributed by atoms with Crippen molar-refractivity contribution in [3.8, 4) is 0 Å². The predicted octanol–water partition coefficient (Wildman–Crippen LogP) is -0.610. The molecule has 0 bridgehead atoms. The van der Waals surface area contributed by atoms with Crippen molar-refractivity contribution in [3.05, 3.63) is 0 Å². The lowest BCUT2D eigenvalue weighted by atomic mass is 9.91. The zero-order valence-corrected chi connectivity index (χ0v) is 6.50. The number of nitrogens with zero attached hydrogens (tertiary/aromatic N) is 1. The molecule has 0 aromatic rings. The maximum absolute atomic E-state index is 11.3. The number of hydrogen-bond acceptors (Lipinski definition) is 3.